The Bertz CT molecular complexity index is 1910. The molecule has 0 amide bonds. The van der Waals surface area contributed by atoms with Crippen molar-refractivity contribution >= 4 is 34.6 Å². The largest absolute Gasteiger partial charge is 0.475 e. The van der Waals surface area contributed by atoms with Crippen molar-refractivity contribution in [3.63, 3.8) is 0 Å². The van der Waals surface area contributed by atoms with Crippen LogP contribution in [-0.4, -0.2) is 79.6 Å². The third kappa shape index (κ3) is 7.02. The summed E-state index contributed by atoms with van der Waals surface area (Å²) in [6.45, 7) is 8.23. The number of benzene rings is 2. The molecule has 15 heteroatoms. The lowest BCUT2D eigenvalue weighted by molar-refractivity contribution is -0.190. The van der Waals surface area contributed by atoms with Crippen molar-refractivity contribution in [1.29, 1.82) is 0 Å². The Morgan fingerprint density at radius 3 is 2.37 bits per heavy atom. The average molecular weight is 707 g/mol. The summed E-state index contributed by atoms with van der Waals surface area (Å²) in [5.74, 6) is -0.681. The number of pyridine rings is 1. The number of halogens is 2. The molecule has 0 spiro atoms. The second-order valence-electron chi connectivity index (χ2n) is 12.2. The van der Waals surface area contributed by atoms with Crippen LogP contribution >= 0.6 is 23.2 Å². The predicted molar refractivity (Wildman–Crippen MR) is 186 cm³/mol. The molecule has 1 unspecified atom stereocenters. The molecule has 2 fully saturated rings. The quantitative estimate of drug-likeness (QED) is 0.186. The lowest BCUT2D eigenvalue weighted by Gasteiger charge is -2.37. The van der Waals surface area contributed by atoms with Crippen molar-refractivity contribution in [2.24, 2.45) is 0 Å². The summed E-state index contributed by atoms with van der Waals surface area (Å²) >= 11 is 12.7. The molecule has 2 aliphatic rings. The summed E-state index contributed by atoms with van der Waals surface area (Å²) in [6.07, 6.45) is 6.96. The van der Waals surface area contributed by atoms with Crippen LogP contribution in [0.5, 0.6) is 5.88 Å². The van der Waals surface area contributed by atoms with Crippen LogP contribution in [0.25, 0.3) is 5.69 Å². The molecule has 0 saturated carbocycles. The van der Waals surface area contributed by atoms with Crippen LogP contribution in [0, 0.1) is 0 Å². The molecule has 49 heavy (non-hydrogen) atoms. The Morgan fingerprint density at radius 1 is 0.959 bits per heavy atom. The van der Waals surface area contributed by atoms with Crippen LogP contribution in [-0.2, 0) is 21.8 Å². The summed E-state index contributed by atoms with van der Waals surface area (Å²) in [4.78, 5) is 26.1. The summed E-state index contributed by atoms with van der Waals surface area (Å²) in [5, 5.41) is 9.47. The van der Waals surface area contributed by atoms with E-state index < -0.39 is 5.79 Å². The minimum Gasteiger partial charge on any atom is -0.475 e. The van der Waals surface area contributed by atoms with E-state index in [1.165, 1.54) is 11.0 Å². The second-order valence-corrected chi connectivity index (χ2v) is 13.0. The molecule has 0 aliphatic carbocycles. The van der Waals surface area contributed by atoms with Gasteiger partial charge in [0.15, 0.2) is 0 Å². The molecule has 256 valence electrons. The fourth-order valence-corrected chi connectivity index (χ4v) is 6.67. The minimum atomic E-state index is -1.18. The van der Waals surface area contributed by atoms with Gasteiger partial charge in [0, 0.05) is 48.5 Å². The van der Waals surface area contributed by atoms with Gasteiger partial charge in [-0.05, 0) is 55.8 Å². The summed E-state index contributed by atoms with van der Waals surface area (Å²) < 4.78 is 23.5. The molecule has 3 atom stereocenters. The Kier molecular flexibility index (Phi) is 9.59. The van der Waals surface area contributed by atoms with Gasteiger partial charge in [-0.2, -0.15) is 10.2 Å². The highest BCUT2D eigenvalue weighted by Crippen LogP contribution is 2.40. The highest BCUT2D eigenvalue weighted by molar-refractivity contribution is 6.35. The molecule has 2 aliphatic heterocycles. The van der Waals surface area contributed by atoms with Crippen molar-refractivity contribution in [1.82, 2.24) is 34.1 Å². The monoisotopic (exact) mass is 705 g/mol. The predicted octanol–water partition coefficient (Wildman–Crippen LogP) is 4.97. The molecule has 0 radical (unpaired) electrons. The fourth-order valence-electron chi connectivity index (χ4n) is 6.12. The van der Waals surface area contributed by atoms with E-state index in [2.05, 4.69) is 42.1 Å². The highest BCUT2D eigenvalue weighted by Gasteiger charge is 2.45. The van der Waals surface area contributed by atoms with Gasteiger partial charge in [-0.1, -0.05) is 36.2 Å². The summed E-state index contributed by atoms with van der Waals surface area (Å²) in [6, 6.07) is 17.3. The van der Waals surface area contributed by atoms with Crippen molar-refractivity contribution in [2.45, 2.75) is 44.7 Å². The Morgan fingerprint density at radius 2 is 1.69 bits per heavy atom. The third-order valence-corrected chi connectivity index (χ3v) is 9.56. The van der Waals surface area contributed by atoms with Gasteiger partial charge in [0.05, 0.1) is 35.2 Å². The van der Waals surface area contributed by atoms with Crippen LogP contribution in [0.2, 0.25) is 10.0 Å². The van der Waals surface area contributed by atoms with Crippen molar-refractivity contribution < 1.29 is 14.2 Å². The van der Waals surface area contributed by atoms with Gasteiger partial charge < -0.3 is 24.0 Å². The molecule has 2 saturated heterocycles. The SMILES string of the molecule is CCC(C)n1ncn(-c2ccc(N3CCN(c4ccc(OC[C@H]5CO[C@](Cn6cncn6)(c6ccc(Cl)cc6Cl)O5)nc4)CC3)cc2)c1=O. The number of piperazine rings is 1. The summed E-state index contributed by atoms with van der Waals surface area (Å²) in [7, 11) is 0. The third-order valence-electron chi connectivity index (χ3n) is 9.02. The average Bonchev–Trinajstić information content (AvgIpc) is 3.88. The number of hydrogen-bond acceptors (Lipinski definition) is 10. The van der Waals surface area contributed by atoms with E-state index >= 15 is 0 Å². The maximum absolute atomic E-state index is 12.8. The van der Waals surface area contributed by atoms with Crippen molar-refractivity contribution in [3.8, 4) is 11.6 Å². The van der Waals surface area contributed by atoms with Crippen LogP contribution < -0.4 is 20.2 Å². The molecule has 0 bridgehead atoms. The standard InChI is InChI=1S/C34H37Cl2N9O4/c1-3-24(2)45-33(46)44(23-40-45)27-7-5-26(6-8-27)41-12-14-42(15-13-41)28-9-11-32(38-17-28)47-18-29-19-48-34(49-29,20-43-22-37-21-39-43)30-10-4-25(35)16-31(30)36/h4-11,16-17,21-24,29H,3,12-15,18-20H2,1-2H3/t24?,29-,34-/m0/s1. The van der Waals surface area contributed by atoms with Crippen LogP contribution in [0.3, 0.4) is 0 Å². The zero-order chi connectivity index (χ0) is 34.0. The molecular weight excluding hydrogens is 669 g/mol. The fraction of sp³-hybridized carbons (Fsp3) is 0.382. The topological polar surface area (TPSA) is 118 Å². The summed E-state index contributed by atoms with van der Waals surface area (Å²) in [5.41, 5.74) is 3.49. The highest BCUT2D eigenvalue weighted by atomic mass is 35.5. The number of aromatic nitrogens is 7. The molecule has 7 rings (SSSR count). The first-order chi connectivity index (χ1) is 23.8. The maximum atomic E-state index is 12.8. The Hall–Kier alpha value is -4.43. The zero-order valence-electron chi connectivity index (χ0n) is 27.2. The van der Waals surface area contributed by atoms with Crippen LogP contribution in [0.4, 0.5) is 11.4 Å². The van der Waals surface area contributed by atoms with Gasteiger partial charge in [0.2, 0.25) is 11.7 Å². The molecule has 5 aromatic rings. The Labute approximate surface area is 293 Å². The number of nitrogens with zero attached hydrogens (tertiary/aromatic N) is 9. The van der Waals surface area contributed by atoms with E-state index in [1.54, 1.807) is 40.1 Å². The van der Waals surface area contributed by atoms with E-state index in [9.17, 15) is 4.79 Å². The number of rotatable bonds is 11. The molecule has 3 aromatic heterocycles. The number of anilines is 2. The lowest BCUT2D eigenvalue weighted by Crippen LogP contribution is -2.46. The van der Waals surface area contributed by atoms with Gasteiger partial charge >= 0.3 is 5.69 Å². The lowest BCUT2D eigenvalue weighted by atomic mass is 10.1. The van der Waals surface area contributed by atoms with Gasteiger partial charge in [0.25, 0.3) is 0 Å². The van der Waals surface area contributed by atoms with E-state index in [-0.39, 0.29) is 31.0 Å². The second kappa shape index (κ2) is 14.2. The normalized spacial score (nSPS) is 20.1. The van der Waals surface area contributed by atoms with Gasteiger partial charge in [0.1, 0.15) is 38.2 Å². The van der Waals surface area contributed by atoms with Gasteiger partial charge in [-0.15, -0.1) is 0 Å². The first kappa shape index (κ1) is 33.1. The van der Waals surface area contributed by atoms with Gasteiger partial charge in [-0.25, -0.2) is 28.7 Å². The van der Waals surface area contributed by atoms with Gasteiger partial charge in [-0.3, -0.25) is 0 Å². The van der Waals surface area contributed by atoms with Crippen molar-refractivity contribution in [2.75, 3.05) is 49.2 Å². The smallest absolute Gasteiger partial charge is 0.350 e. The van der Waals surface area contributed by atoms with E-state index in [0.29, 0.717) is 28.1 Å². The van der Waals surface area contributed by atoms with Crippen LogP contribution in [0.1, 0.15) is 31.9 Å². The van der Waals surface area contributed by atoms with E-state index in [0.717, 1.165) is 49.7 Å². The molecule has 5 heterocycles. The number of hydrogen-bond donors (Lipinski definition) is 0. The van der Waals surface area contributed by atoms with E-state index in [1.807, 2.05) is 44.3 Å². The molecule has 0 N–H and O–H groups in total. The first-order valence-corrected chi connectivity index (χ1v) is 17.0. The first-order valence-electron chi connectivity index (χ1n) is 16.3. The van der Waals surface area contributed by atoms with Crippen LogP contribution in [0.15, 0.2) is 84.6 Å². The maximum Gasteiger partial charge on any atom is 0.350 e. The Balaban J connectivity index is 0.925. The molecular formula is C34H37Cl2N9O4. The van der Waals surface area contributed by atoms with E-state index in [4.69, 9.17) is 37.4 Å². The molecule has 13 nitrogen and oxygen atoms in total. The zero-order valence-corrected chi connectivity index (χ0v) is 28.7. The number of ether oxygens (including phenoxy) is 3. The molecule has 2 aromatic carbocycles. The minimum absolute atomic E-state index is 0.0600. The van der Waals surface area contributed by atoms with Crippen molar-refractivity contribution in [3.05, 3.63) is 106 Å².